The number of nitrogens with one attached hydrogen (secondary N) is 2. The zero-order valence-electron chi connectivity index (χ0n) is 11.1. The topological polar surface area (TPSA) is 95.5 Å². The van der Waals surface area contributed by atoms with Gasteiger partial charge in [0.25, 0.3) is 0 Å². The summed E-state index contributed by atoms with van der Waals surface area (Å²) in [5.41, 5.74) is 0.252. The SMILES string of the molecule is Cc1ccc(NC(=O)C(=O)NC2(C(=O)O)CCC2)cc1. The van der Waals surface area contributed by atoms with Gasteiger partial charge >= 0.3 is 17.8 Å². The Kier molecular flexibility index (Phi) is 3.74. The average molecular weight is 276 g/mol. The van der Waals surface area contributed by atoms with Crippen LogP contribution in [0, 0.1) is 6.92 Å². The van der Waals surface area contributed by atoms with Gasteiger partial charge in [-0.05, 0) is 38.3 Å². The highest BCUT2D eigenvalue weighted by atomic mass is 16.4. The fraction of sp³-hybridized carbons (Fsp3) is 0.357. The zero-order chi connectivity index (χ0) is 14.8. The molecule has 0 atom stereocenters. The van der Waals surface area contributed by atoms with Gasteiger partial charge in [-0.25, -0.2) is 4.79 Å². The predicted molar refractivity (Wildman–Crippen MR) is 72.2 cm³/mol. The third-order valence-electron chi connectivity index (χ3n) is 3.48. The Labute approximate surface area is 116 Å². The van der Waals surface area contributed by atoms with Gasteiger partial charge in [-0.1, -0.05) is 17.7 Å². The summed E-state index contributed by atoms with van der Waals surface area (Å²) in [6, 6.07) is 6.96. The van der Waals surface area contributed by atoms with E-state index in [2.05, 4.69) is 10.6 Å². The number of hydrogen-bond acceptors (Lipinski definition) is 3. The molecular formula is C14H16N2O4. The lowest BCUT2D eigenvalue weighted by atomic mass is 9.77. The molecule has 0 spiro atoms. The summed E-state index contributed by atoms with van der Waals surface area (Å²) < 4.78 is 0. The summed E-state index contributed by atoms with van der Waals surface area (Å²) in [5.74, 6) is -2.88. The Morgan fingerprint density at radius 2 is 1.70 bits per heavy atom. The molecule has 2 amide bonds. The number of anilines is 1. The normalized spacial score (nSPS) is 15.8. The lowest BCUT2D eigenvalue weighted by molar-refractivity contribution is -0.152. The number of carboxylic acids is 1. The molecule has 0 unspecified atom stereocenters. The van der Waals surface area contributed by atoms with Gasteiger partial charge in [-0.3, -0.25) is 9.59 Å². The molecule has 0 saturated heterocycles. The molecular weight excluding hydrogens is 260 g/mol. The second-order valence-corrected chi connectivity index (χ2v) is 5.02. The molecule has 1 saturated carbocycles. The van der Waals surface area contributed by atoms with Crippen LogP contribution in [0.25, 0.3) is 0 Å². The molecule has 1 aromatic rings. The van der Waals surface area contributed by atoms with Gasteiger partial charge in [0, 0.05) is 5.69 Å². The first-order chi connectivity index (χ1) is 9.43. The molecule has 2 rings (SSSR count). The fourth-order valence-corrected chi connectivity index (χ4v) is 2.02. The molecule has 3 N–H and O–H groups in total. The number of carbonyl (C=O) groups excluding carboxylic acids is 2. The average Bonchev–Trinajstić information content (AvgIpc) is 2.35. The standard InChI is InChI=1S/C14H16N2O4/c1-9-3-5-10(6-4-9)15-11(17)12(18)16-14(13(19)20)7-2-8-14/h3-6H,2,7-8H2,1H3,(H,15,17)(H,16,18)(H,19,20). The molecule has 1 aliphatic carbocycles. The van der Waals surface area contributed by atoms with Crippen LogP contribution >= 0.6 is 0 Å². The summed E-state index contributed by atoms with van der Waals surface area (Å²) in [6.07, 6.45) is 1.43. The van der Waals surface area contributed by atoms with Crippen molar-refractivity contribution in [3.63, 3.8) is 0 Å². The molecule has 1 aromatic carbocycles. The monoisotopic (exact) mass is 276 g/mol. The summed E-state index contributed by atoms with van der Waals surface area (Å²) in [6.45, 7) is 1.91. The van der Waals surface area contributed by atoms with Crippen LogP contribution in [0.5, 0.6) is 0 Å². The quantitative estimate of drug-likeness (QED) is 0.719. The van der Waals surface area contributed by atoms with Crippen LogP contribution in [0.2, 0.25) is 0 Å². The predicted octanol–water partition coefficient (Wildman–Crippen LogP) is 1.06. The van der Waals surface area contributed by atoms with Crippen molar-refractivity contribution >= 4 is 23.5 Å². The van der Waals surface area contributed by atoms with Crippen LogP contribution < -0.4 is 10.6 Å². The minimum absolute atomic E-state index is 0.353. The number of hydrogen-bond donors (Lipinski definition) is 3. The number of aryl methyl sites for hydroxylation is 1. The Morgan fingerprint density at radius 1 is 1.10 bits per heavy atom. The van der Waals surface area contributed by atoms with E-state index in [0.29, 0.717) is 18.5 Å². The Morgan fingerprint density at radius 3 is 2.15 bits per heavy atom. The highest BCUT2D eigenvalue weighted by Gasteiger charge is 2.46. The van der Waals surface area contributed by atoms with Gasteiger partial charge in [0.05, 0.1) is 0 Å². The number of amides is 2. The molecule has 0 radical (unpaired) electrons. The van der Waals surface area contributed by atoms with Crippen molar-refractivity contribution in [3.05, 3.63) is 29.8 Å². The second-order valence-electron chi connectivity index (χ2n) is 5.02. The molecule has 0 aromatic heterocycles. The van der Waals surface area contributed by atoms with Gasteiger partial charge in [0.2, 0.25) is 0 Å². The maximum absolute atomic E-state index is 11.7. The molecule has 1 aliphatic rings. The van der Waals surface area contributed by atoms with E-state index in [-0.39, 0.29) is 0 Å². The van der Waals surface area contributed by atoms with Gasteiger partial charge in [-0.2, -0.15) is 0 Å². The molecule has 0 aliphatic heterocycles. The summed E-state index contributed by atoms with van der Waals surface area (Å²) in [5, 5.41) is 13.8. The molecule has 6 heteroatoms. The van der Waals surface area contributed by atoms with Crippen molar-refractivity contribution in [2.45, 2.75) is 31.7 Å². The van der Waals surface area contributed by atoms with Crippen molar-refractivity contribution < 1.29 is 19.5 Å². The van der Waals surface area contributed by atoms with Gasteiger partial charge < -0.3 is 15.7 Å². The van der Waals surface area contributed by atoms with E-state index < -0.39 is 23.3 Å². The fourth-order valence-electron chi connectivity index (χ4n) is 2.02. The first-order valence-electron chi connectivity index (χ1n) is 6.36. The van der Waals surface area contributed by atoms with Gasteiger partial charge in [0.15, 0.2) is 0 Å². The highest BCUT2D eigenvalue weighted by Crippen LogP contribution is 2.31. The van der Waals surface area contributed by atoms with Crippen LogP contribution in [0.15, 0.2) is 24.3 Å². The minimum atomic E-state index is -1.28. The Hall–Kier alpha value is -2.37. The van der Waals surface area contributed by atoms with Gasteiger partial charge in [-0.15, -0.1) is 0 Å². The molecule has 1 fully saturated rings. The van der Waals surface area contributed by atoms with Crippen molar-refractivity contribution in [3.8, 4) is 0 Å². The van der Waals surface area contributed by atoms with E-state index in [1.54, 1.807) is 24.3 Å². The lowest BCUT2D eigenvalue weighted by Gasteiger charge is -2.37. The molecule has 20 heavy (non-hydrogen) atoms. The number of carbonyl (C=O) groups is 3. The van der Waals surface area contributed by atoms with Crippen LogP contribution in [-0.2, 0) is 14.4 Å². The second kappa shape index (κ2) is 5.32. The van der Waals surface area contributed by atoms with Crippen molar-refractivity contribution in [1.29, 1.82) is 0 Å². The molecule has 0 bridgehead atoms. The molecule has 106 valence electrons. The number of benzene rings is 1. The van der Waals surface area contributed by atoms with Crippen molar-refractivity contribution in [2.75, 3.05) is 5.32 Å². The maximum Gasteiger partial charge on any atom is 0.329 e. The zero-order valence-corrected chi connectivity index (χ0v) is 11.1. The lowest BCUT2D eigenvalue weighted by Crippen LogP contribution is -2.60. The summed E-state index contributed by atoms with van der Waals surface area (Å²) >= 11 is 0. The van der Waals surface area contributed by atoms with E-state index in [0.717, 1.165) is 12.0 Å². The van der Waals surface area contributed by atoms with Crippen LogP contribution in [0.3, 0.4) is 0 Å². The number of aliphatic carboxylic acids is 1. The number of rotatable bonds is 3. The maximum atomic E-state index is 11.7. The first-order valence-corrected chi connectivity index (χ1v) is 6.36. The van der Waals surface area contributed by atoms with Crippen molar-refractivity contribution in [2.24, 2.45) is 0 Å². The van der Waals surface area contributed by atoms with Crippen LogP contribution in [-0.4, -0.2) is 28.4 Å². The Bertz CT molecular complexity index is 547. The smallest absolute Gasteiger partial charge is 0.329 e. The van der Waals surface area contributed by atoms with Crippen LogP contribution in [0.4, 0.5) is 5.69 Å². The molecule has 6 nitrogen and oxygen atoms in total. The number of carboxylic acid groups (broad SMARTS) is 1. The highest BCUT2D eigenvalue weighted by molar-refractivity contribution is 6.40. The summed E-state index contributed by atoms with van der Waals surface area (Å²) in [7, 11) is 0. The molecule has 0 heterocycles. The van der Waals surface area contributed by atoms with E-state index >= 15 is 0 Å². The van der Waals surface area contributed by atoms with Gasteiger partial charge in [0.1, 0.15) is 5.54 Å². The minimum Gasteiger partial charge on any atom is -0.480 e. The third kappa shape index (κ3) is 2.79. The van der Waals surface area contributed by atoms with E-state index in [4.69, 9.17) is 5.11 Å². The van der Waals surface area contributed by atoms with E-state index in [9.17, 15) is 14.4 Å². The van der Waals surface area contributed by atoms with E-state index in [1.165, 1.54) is 0 Å². The first kappa shape index (κ1) is 14.0. The van der Waals surface area contributed by atoms with Crippen LogP contribution in [0.1, 0.15) is 24.8 Å². The Balaban J connectivity index is 1.97. The van der Waals surface area contributed by atoms with E-state index in [1.807, 2.05) is 6.92 Å². The van der Waals surface area contributed by atoms with Crippen molar-refractivity contribution in [1.82, 2.24) is 5.32 Å². The largest absolute Gasteiger partial charge is 0.480 e. The summed E-state index contributed by atoms with van der Waals surface area (Å²) in [4.78, 5) is 34.6. The third-order valence-corrected chi connectivity index (χ3v) is 3.48.